The molecule has 0 spiro atoms. The molecule has 0 saturated heterocycles. The summed E-state index contributed by atoms with van der Waals surface area (Å²) in [6.45, 7) is 1.63. The summed E-state index contributed by atoms with van der Waals surface area (Å²) in [5.74, 6) is -2.98. The maximum absolute atomic E-state index is 13.4. The second kappa shape index (κ2) is 6.45. The number of amides is 1. The fraction of sp³-hybridized carbons (Fsp3) is 0.273. The van der Waals surface area contributed by atoms with Crippen molar-refractivity contribution in [1.82, 2.24) is 5.32 Å². The van der Waals surface area contributed by atoms with Crippen molar-refractivity contribution in [2.75, 3.05) is 18.4 Å². The molecule has 1 aromatic carbocycles. The van der Waals surface area contributed by atoms with Crippen LogP contribution in [-0.2, 0) is 4.79 Å². The monoisotopic (exact) mass is 285 g/mol. The van der Waals surface area contributed by atoms with Crippen molar-refractivity contribution in [2.45, 2.75) is 6.92 Å². The summed E-state index contributed by atoms with van der Waals surface area (Å²) in [7, 11) is 0. The van der Waals surface area contributed by atoms with Crippen LogP contribution >= 0.6 is 0 Å². The summed E-state index contributed by atoms with van der Waals surface area (Å²) >= 11 is 0. The summed E-state index contributed by atoms with van der Waals surface area (Å²) in [5, 5.41) is 24.6. The van der Waals surface area contributed by atoms with E-state index in [1.807, 2.05) is 0 Å². The molecule has 9 heteroatoms. The van der Waals surface area contributed by atoms with E-state index in [-0.39, 0.29) is 24.7 Å². The highest BCUT2D eigenvalue weighted by Crippen LogP contribution is 2.27. The second-order valence-corrected chi connectivity index (χ2v) is 3.82. The first-order valence-electron chi connectivity index (χ1n) is 5.52. The number of benzene rings is 1. The molecule has 0 aliphatic carbocycles. The van der Waals surface area contributed by atoms with E-state index in [1.165, 1.54) is 6.92 Å². The van der Waals surface area contributed by atoms with Gasteiger partial charge in [-0.15, -0.1) is 0 Å². The van der Waals surface area contributed by atoms with Crippen molar-refractivity contribution in [3.63, 3.8) is 0 Å². The van der Waals surface area contributed by atoms with Crippen LogP contribution in [0.25, 0.3) is 0 Å². The van der Waals surface area contributed by atoms with Gasteiger partial charge in [-0.05, 0) is 6.07 Å². The number of hydrogen-bond acceptors (Lipinski definition) is 5. The van der Waals surface area contributed by atoms with E-state index in [2.05, 4.69) is 10.6 Å². The second-order valence-electron chi connectivity index (χ2n) is 3.82. The van der Waals surface area contributed by atoms with Gasteiger partial charge >= 0.3 is 5.97 Å². The Morgan fingerprint density at radius 3 is 2.55 bits per heavy atom. The van der Waals surface area contributed by atoms with Crippen LogP contribution in [0.2, 0.25) is 0 Å². The molecule has 0 aliphatic heterocycles. The van der Waals surface area contributed by atoms with Crippen LogP contribution < -0.4 is 10.6 Å². The topological polar surface area (TPSA) is 122 Å². The van der Waals surface area contributed by atoms with Gasteiger partial charge in [-0.25, -0.2) is 9.18 Å². The Balaban J connectivity index is 2.96. The van der Waals surface area contributed by atoms with Crippen molar-refractivity contribution >= 4 is 23.3 Å². The predicted molar refractivity (Wildman–Crippen MR) is 67.2 cm³/mol. The fourth-order valence-corrected chi connectivity index (χ4v) is 1.45. The summed E-state index contributed by atoms with van der Waals surface area (Å²) in [5.41, 5.74) is -1.37. The van der Waals surface area contributed by atoms with Gasteiger partial charge in [0.05, 0.1) is 16.6 Å². The van der Waals surface area contributed by atoms with Gasteiger partial charge in [0, 0.05) is 20.0 Å². The van der Waals surface area contributed by atoms with Crippen LogP contribution in [0.15, 0.2) is 12.1 Å². The lowest BCUT2D eigenvalue weighted by atomic mass is 10.1. The number of carboxylic acids is 1. The van der Waals surface area contributed by atoms with Crippen LogP contribution in [-0.4, -0.2) is 35.0 Å². The van der Waals surface area contributed by atoms with Crippen LogP contribution in [0.3, 0.4) is 0 Å². The lowest BCUT2D eigenvalue weighted by Gasteiger charge is -2.09. The molecule has 0 aliphatic rings. The Bertz CT molecular complexity index is 561. The number of halogens is 1. The molecule has 0 unspecified atom stereocenters. The van der Waals surface area contributed by atoms with Gasteiger partial charge in [-0.1, -0.05) is 0 Å². The SMILES string of the molecule is CC(=O)NCCNc1cc(C(=O)O)c(F)cc1[N+](=O)[O-]. The lowest BCUT2D eigenvalue weighted by molar-refractivity contribution is -0.384. The normalized spacial score (nSPS) is 9.90. The summed E-state index contributed by atoms with van der Waals surface area (Å²) < 4.78 is 13.4. The van der Waals surface area contributed by atoms with Crippen LogP contribution in [0.1, 0.15) is 17.3 Å². The number of rotatable bonds is 6. The van der Waals surface area contributed by atoms with Gasteiger partial charge in [-0.3, -0.25) is 14.9 Å². The molecule has 3 N–H and O–H groups in total. The number of nitro groups is 1. The Labute approximate surface area is 112 Å². The summed E-state index contributed by atoms with van der Waals surface area (Å²) in [4.78, 5) is 31.4. The molecule has 0 heterocycles. The maximum atomic E-state index is 13.4. The van der Waals surface area contributed by atoms with Crippen LogP contribution in [0.5, 0.6) is 0 Å². The third-order valence-corrected chi connectivity index (χ3v) is 2.33. The standard InChI is InChI=1S/C11H12FN3O5/c1-6(16)13-2-3-14-9-4-7(11(17)18)8(12)5-10(9)15(19)20/h4-5,14H,2-3H2,1H3,(H,13,16)(H,17,18). The number of carbonyl (C=O) groups is 2. The Hall–Kier alpha value is -2.71. The third kappa shape index (κ3) is 3.90. The molecule has 108 valence electrons. The van der Waals surface area contributed by atoms with E-state index in [0.29, 0.717) is 6.07 Å². The molecule has 0 atom stereocenters. The van der Waals surface area contributed by atoms with Crippen LogP contribution in [0, 0.1) is 15.9 Å². The van der Waals surface area contributed by atoms with E-state index in [9.17, 15) is 24.1 Å². The first kappa shape index (κ1) is 15.3. The summed E-state index contributed by atoms with van der Waals surface area (Å²) in [6.07, 6.45) is 0. The number of carbonyl (C=O) groups excluding carboxylic acids is 1. The van der Waals surface area contributed by atoms with Crippen molar-refractivity contribution in [2.24, 2.45) is 0 Å². The summed E-state index contributed by atoms with van der Waals surface area (Å²) in [6, 6.07) is 1.40. The molecule has 1 rings (SSSR count). The van der Waals surface area contributed by atoms with Crippen LogP contribution in [0.4, 0.5) is 15.8 Å². The van der Waals surface area contributed by atoms with Gasteiger partial charge in [0.1, 0.15) is 11.5 Å². The fourth-order valence-electron chi connectivity index (χ4n) is 1.45. The molecular weight excluding hydrogens is 273 g/mol. The number of nitro benzene ring substituents is 1. The molecule has 0 radical (unpaired) electrons. The molecule has 0 bridgehead atoms. The highest BCUT2D eigenvalue weighted by molar-refractivity contribution is 5.90. The average Bonchev–Trinajstić information content (AvgIpc) is 2.34. The first-order valence-corrected chi connectivity index (χ1v) is 5.52. The zero-order valence-corrected chi connectivity index (χ0v) is 10.5. The lowest BCUT2D eigenvalue weighted by Crippen LogP contribution is -2.26. The smallest absolute Gasteiger partial charge is 0.338 e. The Morgan fingerprint density at radius 2 is 2.05 bits per heavy atom. The number of hydrogen-bond donors (Lipinski definition) is 3. The highest BCUT2D eigenvalue weighted by atomic mass is 19.1. The minimum atomic E-state index is -1.53. The van der Waals surface area contributed by atoms with E-state index in [4.69, 9.17) is 5.11 Å². The molecule has 0 aromatic heterocycles. The van der Waals surface area contributed by atoms with E-state index in [0.717, 1.165) is 6.07 Å². The van der Waals surface area contributed by atoms with Gasteiger partial charge in [0.2, 0.25) is 5.91 Å². The van der Waals surface area contributed by atoms with E-state index < -0.39 is 28.0 Å². The number of nitrogens with zero attached hydrogens (tertiary/aromatic N) is 1. The van der Waals surface area contributed by atoms with Gasteiger partial charge in [-0.2, -0.15) is 0 Å². The van der Waals surface area contributed by atoms with E-state index >= 15 is 0 Å². The Kier molecular flexibility index (Phi) is 4.95. The highest BCUT2D eigenvalue weighted by Gasteiger charge is 2.21. The third-order valence-electron chi connectivity index (χ3n) is 2.33. The minimum Gasteiger partial charge on any atom is -0.478 e. The molecular formula is C11H12FN3O5. The predicted octanol–water partition coefficient (Wildman–Crippen LogP) is 0.980. The molecule has 0 saturated carbocycles. The first-order chi connectivity index (χ1) is 9.32. The number of aromatic carboxylic acids is 1. The van der Waals surface area contributed by atoms with Crippen molar-refractivity contribution in [3.8, 4) is 0 Å². The van der Waals surface area contributed by atoms with Gasteiger partial charge in [0.25, 0.3) is 5.69 Å². The van der Waals surface area contributed by atoms with Gasteiger partial charge < -0.3 is 15.7 Å². The van der Waals surface area contributed by atoms with Gasteiger partial charge in [0.15, 0.2) is 0 Å². The average molecular weight is 285 g/mol. The zero-order valence-electron chi connectivity index (χ0n) is 10.5. The van der Waals surface area contributed by atoms with Crippen molar-refractivity contribution in [3.05, 3.63) is 33.6 Å². The number of nitrogens with one attached hydrogen (secondary N) is 2. The molecule has 1 aromatic rings. The number of anilines is 1. The largest absolute Gasteiger partial charge is 0.478 e. The van der Waals surface area contributed by atoms with Crippen molar-refractivity contribution in [1.29, 1.82) is 0 Å². The number of carboxylic acid groups (broad SMARTS) is 1. The zero-order chi connectivity index (χ0) is 15.3. The Morgan fingerprint density at radius 1 is 1.40 bits per heavy atom. The minimum absolute atomic E-state index is 0.126. The van der Waals surface area contributed by atoms with E-state index in [1.54, 1.807) is 0 Å². The van der Waals surface area contributed by atoms with Crippen molar-refractivity contribution < 1.29 is 24.0 Å². The molecule has 20 heavy (non-hydrogen) atoms. The molecule has 8 nitrogen and oxygen atoms in total. The maximum Gasteiger partial charge on any atom is 0.338 e. The molecule has 0 fully saturated rings. The quantitative estimate of drug-likeness (QED) is 0.407. The molecule has 1 amide bonds.